The number of hydrogen-bond acceptors (Lipinski definition) is 6. The molecular formula is C23H21ClN4OS2. The first kappa shape index (κ1) is 20.6. The van der Waals surface area contributed by atoms with Gasteiger partial charge in [-0.05, 0) is 41.1 Å². The molecule has 1 fully saturated rings. The molecule has 1 amide bonds. The van der Waals surface area contributed by atoms with Gasteiger partial charge >= 0.3 is 0 Å². The van der Waals surface area contributed by atoms with E-state index in [1.54, 1.807) is 29.3 Å². The lowest BCUT2D eigenvalue weighted by atomic mass is 10.0. The lowest BCUT2D eigenvalue weighted by Crippen LogP contribution is -2.51. The van der Waals surface area contributed by atoms with Gasteiger partial charge in [0.25, 0.3) is 5.91 Å². The molecule has 31 heavy (non-hydrogen) atoms. The van der Waals surface area contributed by atoms with Crippen molar-refractivity contribution in [2.24, 2.45) is 0 Å². The van der Waals surface area contributed by atoms with E-state index in [1.807, 2.05) is 30.2 Å². The molecule has 0 saturated carbocycles. The van der Waals surface area contributed by atoms with Gasteiger partial charge in [0, 0.05) is 33.6 Å². The minimum atomic E-state index is -0.698. The summed E-state index contributed by atoms with van der Waals surface area (Å²) in [5, 5.41) is 5.57. The van der Waals surface area contributed by atoms with E-state index in [1.165, 1.54) is 16.0 Å². The van der Waals surface area contributed by atoms with Gasteiger partial charge in [0.1, 0.15) is 0 Å². The van der Waals surface area contributed by atoms with Crippen LogP contribution in [0.5, 0.6) is 0 Å². The average molecular weight is 469 g/mol. The first-order valence-electron chi connectivity index (χ1n) is 9.90. The number of fused-ring (bicyclic) bond motifs is 1. The standard InChI is InChI=1S/C23H21ClN4OS2/c1-15-18(8-4-9-19(15)24)23(27-26-21-22(29)25-11-12-28(21)23)31-14-16-6-2-3-7-17(16)20-10-5-13-30-20/h2-13,21,26-27H,14H2,1H3,(H,25,29). The SMILES string of the molecule is Cc1c(Cl)cccc1C1(SCc2ccccc2-c2cccs2)NNC2C(=O)NC=CN21. The Kier molecular flexibility index (Phi) is 5.54. The normalized spacial score (nSPS) is 22.5. The van der Waals surface area contributed by atoms with Crippen molar-refractivity contribution in [3.05, 3.63) is 94.1 Å². The summed E-state index contributed by atoms with van der Waals surface area (Å²) in [6.45, 7) is 2.02. The van der Waals surface area contributed by atoms with Crippen LogP contribution in [0.15, 0.2) is 72.4 Å². The second-order valence-corrected chi connectivity index (χ2v) is 9.91. The van der Waals surface area contributed by atoms with E-state index in [0.29, 0.717) is 5.02 Å². The Morgan fingerprint density at radius 2 is 2.03 bits per heavy atom. The number of hydrazine groups is 1. The van der Waals surface area contributed by atoms with Crippen molar-refractivity contribution >= 4 is 40.6 Å². The van der Waals surface area contributed by atoms with Gasteiger partial charge in [-0.1, -0.05) is 54.1 Å². The first-order chi connectivity index (χ1) is 15.1. The highest BCUT2D eigenvalue weighted by Gasteiger charge is 2.51. The van der Waals surface area contributed by atoms with E-state index in [9.17, 15) is 4.79 Å². The summed E-state index contributed by atoms with van der Waals surface area (Å²) in [5.41, 5.74) is 11.1. The molecule has 5 rings (SSSR count). The number of hydrogen-bond donors (Lipinski definition) is 3. The van der Waals surface area contributed by atoms with Crippen LogP contribution < -0.4 is 16.2 Å². The fourth-order valence-corrected chi connectivity index (χ4v) is 6.41. The summed E-state index contributed by atoms with van der Waals surface area (Å²) in [6, 6.07) is 18.6. The van der Waals surface area contributed by atoms with E-state index in [4.69, 9.17) is 11.6 Å². The van der Waals surface area contributed by atoms with Gasteiger partial charge in [0.05, 0.1) is 0 Å². The van der Waals surface area contributed by atoms with E-state index in [2.05, 4.69) is 64.0 Å². The van der Waals surface area contributed by atoms with E-state index >= 15 is 0 Å². The lowest BCUT2D eigenvalue weighted by Gasteiger charge is -2.40. The maximum absolute atomic E-state index is 12.5. The van der Waals surface area contributed by atoms with Crippen LogP contribution in [0.2, 0.25) is 5.02 Å². The molecule has 3 aromatic rings. The number of thioether (sulfide) groups is 1. The molecule has 0 aliphatic carbocycles. The second-order valence-electron chi connectivity index (χ2n) is 7.38. The van der Waals surface area contributed by atoms with Crippen molar-refractivity contribution in [1.29, 1.82) is 0 Å². The van der Waals surface area contributed by atoms with Crippen LogP contribution in [0.25, 0.3) is 10.4 Å². The smallest absolute Gasteiger partial charge is 0.263 e. The lowest BCUT2D eigenvalue weighted by molar-refractivity contribution is -0.125. The van der Waals surface area contributed by atoms with Gasteiger partial charge < -0.3 is 10.2 Å². The monoisotopic (exact) mass is 468 g/mol. The number of halogens is 1. The summed E-state index contributed by atoms with van der Waals surface area (Å²) < 4.78 is 0. The van der Waals surface area contributed by atoms with Crippen LogP contribution >= 0.6 is 34.7 Å². The van der Waals surface area contributed by atoms with Crippen LogP contribution in [0.1, 0.15) is 16.7 Å². The largest absolute Gasteiger partial charge is 0.328 e. The van der Waals surface area contributed by atoms with Gasteiger partial charge in [0.15, 0.2) is 11.2 Å². The highest BCUT2D eigenvalue weighted by Crippen LogP contribution is 2.46. The molecule has 158 valence electrons. The molecule has 3 N–H and O–H groups in total. The number of thiophene rings is 1. The molecule has 5 nitrogen and oxygen atoms in total. The third-order valence-corrected chi connectivity index (χ3v) is 8.32. The maximum Gasteiger partial charge on any atom is 0.263 e. The fourth-order valence-electron chi connectivity index (χ4n) is 4.01. The van der Waals surface area contributed by atoms with Gasteiger partial charge in [-0.2, -0.15) is 0 Å². The Bertz CT molecular complexity index is 1150. The van der Waals surface area contributed by atoms with E-state index in [0.717, 1.165) is 16.9 Å². The highest BCUT2D eigenvalue weighted by atomic mass is 35.5. The van der Waals surface area contributed by atoms with Crippen molar-refractivity contribution in [1.82, 2.24) is 21.1 Å². The van der Waals surface area contributed by atoms with Crippen molar-refractivity contribution in [2.75, 3.05) is 0 Å². The zero-order valence-electron chi connectivity index (χ0n) is 16.8. The summed E-state index contributed by atoms with van der Waals surface area (Å²) in [7, 11) is 0. The number of carbonyl (C=O) groups is 1. The molecule has 2 aliphatic heterocycles. The topological polar surface area (TPSA) is 56.4 Å². The third-order valence-electron chi connectivity index (χ3n) is 5.60. The quantitative estimate of drug-likeness (QED) is 0.504. The van der Waals surface area contributed by atoms with Crippen molar-refractivity contribution in [3.8, 4) is 10.4 Å². The Labute approximate surface area is 194 Å². The van der Waals surface area contributed by atoms with Gasteiger partial charge in [-0.25, -0.2) is 10.9 Å². The average Bonchev–Trinajstić information content (AvgIpc) is 3.44. The molecule has 0 radical (unpaired) electrons. The van der Waals surface area contributed by atoms with Crippen LogP contribution in [-0.4, -0.2) is 17.0 Å². The Balaban J connectivity index is 1.56. The Morgan fingerprint density at radius 1 is 1.16 bits per heavy atom. The fraction of sp³-hybridized carbons (Fsp3) is 0.174. The second kappa shape index (κ2) is 8.33. The van der Waals surface area contributed by atoms with E-state index in [-0.39, 0.29) is 5.91 Å². The predicted molar refractivity (Wildman–Crippen MR) is 128 cm³/mol. The van der Waals surface area contributed by atoms with Crippen LogP contribution in [-0.2, 0) is 15.5 Å². The van der Waals surface area contributed by atoms with E-state index < -0.39 is 11.2 Å². The number of benzene rings is 2. The number of rotatable bonds is 5. The number of carbonyl (C=O) groups excluding carboxylic acids is 1. The molecule has 0 spiro atoms. The molecule has 1 aromatic heterocycles. The molecule has 2 aromatic carbocycles. The third kappa shape index (κ3) is 3.56. The number of nitrogens with one attached hydrogen (secondary N) is 3. The summed E-state index contributed by atoms with van der Waals surface area (Å²) in [6.07, 6.45) is 3.09. The number of nitrogens with zero attached hydrogens (tertiary/aromatic N) is 1. The van der Waals surface area contributed by atoms with Gasteiger partial charge in [0.2, 0.25) is 0 Å². The molecule has 1 saturated heterocycles. The van der Waals surface area contributed by atoms with Crippen molar-refractivity contribution in [3.63, 3.8) is 0 Å². The van der Waals surface area contributed by atoms with Crippen molar-refractivity contribution < 1.29 is 4.79 Å². The molecule has 2 atom stereocenters. The predicted octanol–water partition coefficient (Wildman–Crippen LogP) is 4.76. The Morgan fingerprint density at radius 3 is 2.87 bits per heavy atom. The zero-order chi connectivity index (χ0) is 21.4. The molecule has 2 unspecified atom stereocenters. The van der Waals surface area contributed by atoms with Gasteiger partial charge in [-0.3, -0.25) is 4.79 Å². The molecule has 3 heterocycles. The molecule has 0 bridgehead atoms. The van der Waals surface area contributed by atoms with Crippen LogP contribution in [0.4, 0.5) is 0 Å². The zero-order valence-corrected chi connectivity index (χ0v) is 19.2. The van der Waals surface area contributed by atoms with Crippen LogP contribution in [0.3, 0.4) is 0 Å². The summed E-state index contributed by atoms with van der Waals surface area (Å²) in [4.78, 5) is 15.1. The first-order valence-corrected chi connectivity index (χ1v) is 12.1. The summed E-state index contributed by atoms with van der Waals surface area (Å²) in [5.74, 6) is 0.643. The van der Waals surface area contributed by atoms with Crippen molar-refractivity contribution in [2.45, 2.75) is 23.8 Å². The molecular weight excluding hydrogens is 448 g/mol. The summed E-state index contributed by atoms with van der Waals surface area (Å²) >= 11 is 9.96. The molecule has 8 heteroatoms. The van der Waals surface area contributed by atoms with Gasteiger partial charge in [-0.15, -0.1) is 23.1 Å². The Hall–Kier alpha value is -2.29. The molecule has 2 aliphatic rings. The van der Waals surface area contributed by atoms with Crippen LogP contribution in [0, 0.1) is 6.92 Å². The maximum atomic E-state index is 12.5. The minimum Gasteiger partial charge on any atom is -0.328 e. The number of amides is 1. The minimum absolute atomic E-state index is 0.101. The highest BCUT2D eigenvalue weighted by molar-refractivity contribution is 7.99.